The lowest BCUT2D eigenvalue weighted by molar-refractivity contribution is 0.392. The fraction of sp³-hybridized carbons (Fsp3) is 0.188. The molecule has 26 heavy (non-hydrogen) atoms. The number of sulfonamides is 1. The smallest absolute Gasteiger partial charge is 0.244 e. The van der Waals surface area contributed by atoms with Crippen molar-refractivity contribution in [3.8, 4) is 17.2 Å². The fourth-order valence-corrected chi connectivity index (χ4v) is 3.42. The summed E-state index contributed by atoms with van der Waals surface area (Å²) in [6.45, 7) is -0.0248. The van der Waals surface area contributed by atoms with E-state index in [4.69, 9.17) is 9.47 Å². The minimum Gasteiger partial charge on any atom is -0.497 e. The molecule has 1 N–H and O–H groups in total. The van der Waals surface area contributed by atoms with Crippen LogP contribution in [0.4, 0.5) is 0 Å². The molecular weight excluding hydrogens is 358 g/mol. The zero-order chi connectivity index (χ0) is 18.6. The van der Waals surface area contributed by atoms with Gasteiger partial charge in [-0.3, -0.25) is 4.98 Å². The van der Waals surface area contributed by atoms with Crippen molar-refractivity contribution >= 4 is 10.0 Å². The lowest BCUT2D eigenvalue weighted by Crippen LogP contribution is -2.24. The molecule has 0 saturated heterocycles. The van der Waals surface area contributed by atoms with Gasteiger partial charge in [0, 0.05) is 12.3 Å². The highest BCUT2D eigenvalue weighted by Crippen LogP contribution is 2.28. The normalized spacial score (nSPS) is 11.3. The van der Waals surface area contributed by atoms with Gasteiger partial charge in [0.2, 0.25) is 10.0 Å². The second-order valence-corrected chi connectivity index (χ2v) is 6.94. The number of benzene rings is 1. The van der Waals surface area contributed by atoms with E-state index in [-0.39, 0.29) is 17.2 Å². The van der Waals surface area contributed by atoms with Gasteiger partial charge in [-0.2, -0.15) is 0 Å². The van der Waals surface area contributed by atoms with Crippen LogP contribution in [0.5, 0.6) is 11.5 Å². The third-order valence-corrected chi connectivity index (χ3v) is 4.98. The minimum atomic E-state index is -3.83. The second kappa shape index (κ2) is 7.50. The van der Waals surface area contributed by atoms with Gasteiger partial charge in [0.1, 0.15) is 16.4 Å². The van der Waals surface area contributed by atoms with Crippen molar-refractivity contribution in [3.05, 3.63) is 54.6 Å². The molecule has 3 aromatic rings. The highest BCUT2D eigenvalue weighted by atomic mass is 32.2. The van der Waals surface area contributed by atoms with Gasteiger partial charge in [0.15, 0.2) is 0 Å². The molecule has 0 unspecified atom stereocenters. The summed E-state index contributed by atoms with van der Waals surface area (Å²) in [5.41, 5.74) is 1.18. The van der Waals surface area contributed by atoms with E-state index in [1.165, 1.54) is 31.0 Å². The number of methoxy groups -OCH3 is 2. The number of nitrogens with zero attached hydrogens (tertiary/aromatic N) is 4. The first kappa shape index (κ1) is 17.8. The van der Waals surface area contributed by atoms with E-state index in [9.17, 15) is 8.42 Å². The van der Waals surface area contributed by atoms with Crippen LogP contribution in [0.1, 0.15) is 5.69 Å². The van der Waals surface area contributed by atoms with Gasteiger partial charge >= 0.3 is 0 Å². The number of hydrogen-bond acceptors (Lipinski definition) is 7. The van der Waals surface area contributed by atoms with Gasteiger partial charge in [-0.25, -0.2) is 17.8 Å². The summed E-state index contributed by atoms with van der Waals surface area (Å²) in [4.78, 5) is 3.99. The van der Waals surface area contributed by atoms with Crippen molar-refractivity contribution in [2.24, 2.45) is 0 Å². The van der Waals surface area contributed by atoms with Crippen LogP contribution in [0, 0.1) is 0 Å². The third-order valence-electron chi connectivity index (χ3n) is 3.55. The number of pyridine rings is 1. The number of aromatic nitrogens is 4. The van der Waals surface area contributed by atoms with Gasteiger partial charge in [0.05, 0.1) is 44.5 Å². The van der Waals surface area contributed by atoms with E-state index in [0.717, 1.165) is 5.69 Å². The van der Waals surface area contributed by atoms with Crippen molar-refractivity contribution in [3.63, 3.8) is 0 Å². The molecule has 0 atom stereocenters. The van der Waals surface area contributed by atoms with Crippen LogP contribution in [0.15, 0.2) is 53.8 Å². The first-order valence-electron chi connectivity index (χ1n) is 7.57. The largest absolute Gasteiger partial charge is 0.497 e. The Morgan fingerprint density at radius 1 is 1.19 bits per heavy atom. The minimum absolute atomic E-state index is 0.0148. The summed E-state index contributed by atoms with van der Waals surface area (Å²) >= 11 is 0. The predicted octanol–water partition coefficient (Wildman–Crippen LogP) is 1.16. The number of hydrogen-bond donors (Lipinski definition) is 1. The summed E-state index contributed by atoms with van der Waals surface area (Å²) < 4.78 is 39.5. The predicted molar refractivity (Wildman–Crippen MR) is 92.7 cm³/mol. The molecule has 0 aliphatic heterocycles. The third kappa shape index (κ3) is 3.81. The first-order chi connectivity index (χ1) is 12.5. The van der Waals surface area contributed by atoms with E-state index in [0.29, 0.717) is 11.4 Å². The molecule has 2 aromatic heterocycles. The number of rotatable bonds is 7. The maximum Gasteiger partial charge on any atom is 0.244 e. The molecule has 136 valence electrons. The van der Waals surface area contributed by atoms with Crippen LogP contribution < -0.4 is 14.2 Å². The Labute approximate surface area is 150 Å². The summed E-state index contributed by atoms with van der Waals surface area (Å²) in [6.07, 6.45) is 4.91. The lowest BCUT2D eigenvalue weighted by atomic mass is 10.3. The topological polar surface area (TPSA) is 108 Å². The summed E-state index contributed by atoms with van der Waals surface area (Å²) in [5.74, 6) is 0.631. The molecule has 0 fully saturated rings. The average Bonchev–Trinajstić information content (AvgIpc) is 3.16. The number of nitrogens with one attached hydrogen (secondary N) is 1. The Kier molecular flexibility index (Phi) is 5.14. The molecule has 1 aromatic carbocycles. The quantitative estimate of drug-likeness (QED) is 0.660. The average molecular weight is 375 g/mol. The van der Waals surface area contributed by atoms with Crippen LogP contribution in [0.25, 0.3) is 5.69 Å². The highest BCUT2D eigenvalue weighted by Gasteiger charge is 2.21. The highest BCUT2D eigenvalue weighted by molar-refractivity contribution is 7.89. The number of ether oxygens (including phenoxy) is 2. The molecule has 0 spiro atoms. The van der Waals surface area contributed by atoms with Crippen LogP contribution >= 0.6 is 0 Å². The molecule has 3 rings (SSSR count). The molecule has 0 amide bonds. The van der Waals surface area contributed by atoms with Crippen molar-refractivity contribution in [1.29, 1.82) is 0 Å². The second-order valence-electron chi connectivity index (χ2n) is 5.21. The van der Waals surface area contributed by atoms with Crippen LogP contribution in [-0.2, 0) is 16.6 Å². The molecule has 0 saturated carbocycles. The Balaban J connectivity index is 1.78. The fourth-order valence-electron chi connectivity index (χ4n) is 2.24. The molecule has 0 bridgehead atoms. The van der Waals surface area contributed by atoms with Crippen LogP contribution in [0.2, 0.25) is 0 Å². The zero-order valence-electron chi connectivity index (χ0n) is 14.2. The van der Waals surface area contributed by atoms with E-state index in [2.05, 4.69) is 20.0 Å². The Bertz CT molecular complexity index is 989. The summed E-state index contributed by atoms with van der Waals surface area (Å²) in [5, 5.41) is 7.94. The molecule has 0 aliphatic rings. The van der Waals surface area contributed by atoms with Gasteiger partial charge in [0.25, 0.3) is 0 Å². The van der Waals surface area contributed by atoms with Crippen LogP contribution in [0.3, 0.4) is 0 Å². The van der Waals surface area contributed by atoms with E-state index < -0.39 is 10.0 Å². The van der Waals surface area contributed by atoms with E-state index in [1.54, 1.807) is 30.7 Å². The van der Waals surface area contributed by atoms with Crippen molar-refractivity contribution in [1.82, 2.24) is 24.7 Å². The van der Waals surface area contributed by atoms with E-state index >= 15 is 0 Å². The summed E-state index contributed by atoms with van der Waals surface area (Å²) in [7, 11) is -0.970. The Morgan fingerprint density at radius 3 is 2.73 bits per heavy atom. The van der Waals surface area contributed by atoms with Crippen LogP contribution in [-0.4, -0.2) is 42.6 Å². The molecule has 10 heteroatoms. The molecular formula is C16H17N5O4S. The van der Waals surface area contributed by atoms with Gasteiger partial charge in [-0.1, -0.05) is 5.21 Å². The van der Waals surface area contributed by atoms with Gasteiger partial charge < -0.3 is 9.47 Å². The first-order valence-corrected chi connectivity index (χ1v) is 9.05. The maximum absolute atomic E-state index is 12.6. The van der Waals surface area contributed by atoms with Gasteiger partial charge in [-0.05, 0) is 24.3 Å². The monoisotopic (exact) mass is 375 g/mol. The maximum atomic E-state index is 12.6. The van der Waals surface area contributed by atoms with Crippen molar-refractivity contribution < 1.29 is 17.9 Å². The molecule has 0 radical (unpaired) electrons. The molecule has 0 aliphatic carbocycles. The standard InChI is InChI=1S/C16H17N5O4S/c1-24-14-5-6-15(25-2)16(8-14)26(22,23)18-9-12-11-21(20-19-12)13-4-3-7-17-10-13/h3-8,10-11,18H,9H2,1-2H3. The molecule has 2 heterocycles. The Hall–Kier alpha value is -2.98. The van der Waals surface area contributed by atoms with Crippen molar-refractivity contribution in [2.75, 3.05) is 14.2 Å². The van der Waals surface area contributed by atoms with Crippen molar-refractivity contribution in [2.45, 2.75) is 11.4 Å². The van der Waals surface area contributed by atoms with Gasteiger partial charge in [-0.15, -0.1) is 5.10 Å². The Morgan fingerprint density at radius 2 is 2.04 bits per heavy atom. The molecule has 9 nitrogen and oxygen atoms in total. The van der Waals surface area contributed by atoms with E-state index in [1.807, 2.05) is 6.07 Å². The SMILES string of the molecule is COc1ccc(OC)c(S(=O)(=O)NCc2cn(-c3cccnc3)nn2)c1. The zero-order valence-corrected chi connectivity index (χ0v) is 15.0. The lowest BCUT2D eigenvalue weighted by Gasteiger charge is -2.11. The summed E-state index contributed by atoms with van der Waals surface area (Å²) in [6, 6.07) is 8.14.